The van der Waals surface area contributed by atoms with Crippen molar-refractivity contribution in [2.45, 2.75) is 46.3 Å². The zero-order chi connectivity index (χ0) is 12.2. The van der Waals surface area contributed by atoms with Crippen LogP contribution in [0.3, 0.4) is 0 Å². The molecule has 5 nitrogen and oxygen atoms in total. The van der Waals surface area contributed by atoms with Gasteiger partial charge in [0.2, 0.25) is 0 Å². The molecule has 0 heterocycles. The van der Waals surface area contributed by atoms with Crippen LogP contribution in [0.25, 0.3) is 0 Å². The Labute approximate surface area is 91.1 Å². The average Bonchev–Trinajstić information content (AvgIpc) is 1.95. The number of ether oxygens (including phenoxy) is 1. The van der Waals surface area contributed by atoms with Crippen molar-refractivity contribution in [3.05, 3.63) is 0 Å². The van der Waals surface area contributed by atoms with Crippen molar-refractivity contribution in [3.63, 3.8) is 0 Å². The summed E-state index contributed by atoms with van der Waals surface area (Å²) < 4.78 is 5.20. The van der Waals surface area contributed by atoms with Gasteiger partial charge in [0, 0.05) is 6.04 Å². The van der Waals surface area contributed by atoms with Gasteiger partial charge in [-0.25, -0.2) is 4.79 Å². The van der Waals surface area contributed by atoms with Crippen molar-refractivity contribution >= 4 is 11.9 Å². The standard InChI is InChI=1S/C10H21N3O2/c1-7(2)13(6-8(11)12)9(14)15-10(3,4)5/h7H,6H2,1-5H3,(H3,11,12). The van der Waals surface area contributed by atoms with Crippen LogP contribution in [0.4, 0.5) is 4.79 Å². The number of amides is 1. The molecule has 0 bridgehead atoms. The number of nitrogens with zero attached hydrogens (tertiary/aromatic N) is 1. The summed E-state index contributed by atoms with van der Waals surface area (Å²) in [6.45, 7) is 9.22. The predicted octanol–water partition coefficient (Wildman–Crippen LogP) is 1.57. The van der Waals surface area contributed by atoms with E-state index in [1.165, 1.54) is 4.90 Å². The Morgan fingerprint density at radius 2 is 1.93 bits per heavy atom. The maximum absolute atomic E-state index is 11.7. The molecule has 3 N–H and O–H groups in total. The molecule has 0 aliphatic carbocycles. The SMILES string of the molecule is CC(C)N(CC(=N)N)C(=O)OC(C)(C)C. The Hall–Kier alpha value is -1.26. The van der Waals surface area contributed by atoms with E-state index >= 15 is 0 Å². The van der Waals surface area contributed by atoms with Crippen LogP contribution in [-0.2, 0) is 4.74 Å². The van der Waals surface area contributed by atoms with Crippen LogP contribution >= 0.6 is 0 Å². The van der Waals surface area contributed by atoms with Gasteiger partial charge in [-0.1, -0.05) is 0 Å². The second-order valence-electron chi connectivity index (χ2n) is 4.73. The molecule has 0 saturated carbocycles. The summed E-state index contributed by atoms with van der Waals surface area (Å²) in [5, 5.41) is 7.17. The van der Waals surface area contributed by atoms with Gasteiger partial charge in [0.1, 0.15) is 11.4 Å². The van der Waals surface area contributed by atoms with Crippen LogP contribution < -0.4 is 5.73 Å². The first-order valence-corrected chi connectivity index (χ1v) is 4.96. The molecule has 0 aromatic rings. The van der Waals surface area contributed by atoms with Crippen molar-refractivity contribution < 1.29 is 9.53 Å². The quantitative estimate of drug-likeness (QED) is 0.554. The first-order valence-electron chi connectivity index (χ1n) is 4.96. The van der Waals surface area contributed by atoms with E-state index in [0.29, 0.717) is 0 Å². The lowest BCUT2D eigenvalue weighted by atomic mass is 10.2. The minimum Gasteiger partial charge on any atom is -0.444 e. The van der Waals surface area contributed by atoms with Crippen molar-refractivity contribution in [1.82, 2.24) is 4.90 Å². The molecule has 0 spiro atoms. The number of nitrogens with two attached hydrogens (primary N) is 1. The first-order chi connectivity index (χ1) is 6.63. The first kappa shape index (κ1) is 13.7. The summed E-state index contributed by atoms with van der Waals surface area (Å²) in [5.41, 5.74) is 4.74. The van der Waals surface area contributed by atoms with Gasteiger partial charge in [-0.3, -0.25) is 10.3 Å². The molecule has 0 aliphatic rings. The van der Waals surface area contributed by atoms with Gasteiger partial charge in [0.15, 0.2) is 0 Å². The number of hydrogen-bond acceptors (Lipinski definition) is 3. The van der Waals surface area contributed by atoms with E-state index in [1.807, 2.05) is 13.8 Å². The van der Waals surface area contributed by atoms with E-state index in [2.05, 4.69) is 0 Å². The molecular weight excluding hydrogens is 194 g/mol. The van der Waals surface area contributed by atoms with E-state index in [1.54, 1.807) is 20.8 Å². The van der Waals surface area contributed by atoms with Gasteiger partial charge in [-0.2, -0.15) is 0 Å². The fraction of sp³-hybridized carbons (Fsp3) is 0.800. The third-order valence-corrected chi connectivity index (χ3v) is 1.59. The molecule has 0 saturated heterocycles. The summed E-state index contributed by atoms with van der Waals surface area (Å²) in [6.07, 6.45) is -0.437. The highest BCUT2D eigenvalue weighted by Crippen LogP contribution is 2.11. The molecule has 0 fully saturated rings. The molecule has 0 radical (unpaired) electrons. The predicted molar refractivity (Wildman–Crippen MR) is 60.0 cm³/mol. The average molecular weight is 215 g/mol. The summed E-state index contributed by atoms with van der Waals surface area (Å²) in [4.78, 5) is 13.1. The Morgan fingerprint density at radius 3 is 2.20 bits per heavy atom. The molecule has 15 heavy (non-hydrogen) atoms. The number of rotatable bonds is 3. The van der Waals surface area contributed by atoms with Crippen LogP contribution in [0.2, 0.25) is 0 Å². The minimum absolute atomic E-state index is 0.0382. The number of carbonyl (C=O) groups excluding carboxylic acids is 1. The van der Waals surface area contributed by atoms with Crippen molar-refractivity contribution in [1.29, 1.82) is 5.41 Å². The Morgan fingerprint density at radius 1 is 1.47 bits per heavy atom. The summed E-state index contributed by atoms with van der Waals surface area (Å²) in [6, 6.07) is -0.0382. The van der Waals surface area contributed by atoms with E-state index in [9.17, 15) is 4.79 Å². The highest BCUT2D eigenvalue weighted by molar-refractivity contribution is 5.83. The molecule has 1 amide bonds. The van der Waals surface area contributed by atoms with Crippen LogP contribution in [0.15, 0.2) is 0 Å². The van der Waals surface area contributed by atoms with Gasteiger partial charge in [-0.15, -0.1) is 0 Å². The largest absolute Gasteiger partial charge is 0.444 e. The smallest absolute Gasteiger partial charge is 0.410 e. The molecule has 5 heteroatoms. The van der Waals surface area contributed by atoms with Crippen LogP contribution in [0.5, 0.6) is 0 Å². The Balaban J connectivity index is 4.50. The Bertz CT molecular complexity index is 244. The second-order valence-corrected chi connectivity index (χ2v) is 4.73. The monoisotopic (exact) mass is 215 g/mol. The van der Waals surface area contributed by atoms with E-state index < -0.39 is 11.7 Å². The second kappa shape index (κ2) is 5.00. The molecule has 88 valence electrons. The highest BCUT2D eigenvalue weighted by Gasteiger charge is 2.24. The number of amidine groups is 1. The van der Waals surface area contributed by atoms with Gasteiger partial charge < -0.3 is 10.5 Å². The molecule has 0 rings (SSSR count). The van der Waals surface area contributed by atoms with E-state index in [0.717, 1.165) is 0 Å². The zero-order valence-corrected chi connectivity index (χ0v) is 10.1. The highest BCUT2D eigenvalue weighted by atomic mass is 16.6. The molecule has 0 aromatic carbocycles. The fourth-order valence-electron chi connectivity index (χ4n) is 0.962. The topological polar surface area (TPSA) is 79.4 Å². The third kappa shape index (κ3) is 5.93. The lowest BCUT2D eigenvalue weighted by Crippen LogP contribution is -2.45. The van der Waals surface area contributed by atoms with Crippen molar-refractivity contribution in [2.75, 3.05) is 6.54 Å². The number of hydrogen-bond donors (Lipinski definition) is 2. The zero-order valence-electron chi connectivity index (χ0n) is 10.1. The van der Waals surface area contributed by atoms with E-state index in [-0.39, 0.29) is 18.4 Å². The van der Waals surface area contributed by atoms with Crippen LogP contribution in [0.1, 0.15) is 34.6 Å². The normalized spacial score (nSPS) is 11.3. The lowest BCUT2D eigenvalue weighted by Gasteiger charge is -2.29. The summed E-state index contributed by atoms with van der Waals surface area (Å²) >= 11 is 0. The minimum atomic E-state index is -0.527. The number of nitrogens with one attached hydrogen (secondary N) is 1. The molecule has 0 aliphatic heterocycles. The maximum atomic E-state index is 11.7. The molecule has 0 aromatic heterocycles. The van der Waals surface area contributed by atoms with Crippen LogP contribution in [0, 0.1) is 5.41 Å². The van der Waals surface area contributed by atoms with Gasteiger partial charge >= 0.3 is 6.09 Å². The maximum Gasteiger partial charge on any atom is 0.410 e. The van der Waals surface area contributed by atoms with Gasteiger partial charge in [0.25, 0.3) is 0 Å². The Kier molecular flexibility index (Phi) is 4.58. The van der Waals surface area contributed by atoms with Gasteiger partial charge in [0.05, 0.1) is 6.54 Å². The lowest BCUT2D eigenvalue weighted by molar-refractivity contribution is 0.0224. The van der Waals surface area contributed by atoms with E-state index in [4.69, 9.17) is 15.9 Å². The fourth-order valence-corrected chi connectivity index (χ4v) is 0.962. The molecular formula is C10H21N3O2. The summed E-state index contributed by atoms with van der Waals surface area (Å²) in [7, 11) is 0. The third-order valence-electron chi connectivity index (χ3n) is 1.59. The van der Waals surface area contributed by atoms with Crippen LogP contribution in [-0.4, -0.2) is 35.0 Å². The molecule has 0 unspecified atom stereocenters. The molecule has 0 atom stereocenters. The van der Waals surface area contributed by atoms with Crippen molar-refractivity contribution in [3.8, 4) is 0 Å². The summed E-state index contributed by atoms with van der Waals surface area (Å²) in [5.74, 6) is -0.0467. The number of carbonyl (C=O) groups is 1. The van der Waals surface area contributed by atoms with Gasteiger partial charge in [-0.05, 0) is 34.6 Å². The van der Waals surface area contributed by atoms with Crippen molar-refractivity contribution in [2.24, 2.45) is 5.73 Å².